The Morgan fingerprint density at radius 2 is 2.09 bits per heavy atom. The van der Waals surface area contributed by atoms with Crippen molar-refractivity contribution in [2.24, 2.45) is 5.92 Å². The Bertz CT molecular complexity index is 538. The molecule has 2 aliphatic heterocycles. The maximum atomic E-state index is 5.60. The molecule has 1 aromatic rings. The van der Waals surface area contributed by atoms with E-state index in [9.17, 15) is 0 Å². The number of aromatic nitrogens is 2. The molecule has 1 aromatic heterocycles. The molecule has 1 aliphatic carbocycles. The van der Waals surface area contributed by atoms with Crippen LogP contribution in [-0.4, -0.2) is 61.0 Å². The van der Waals surface area contributed by atoms with Gasteiger partial charge in [-0.25, -0.2) is 0 Å². The largest absolute Gasteiger partial charge is 0.381 e. The van der Waals surface area contributed by atoms with Crippen molar-refractivity contribution in [1.29, 1.82) is 0 Å². The molecular formula is C18H28N4O. The average molecular weight is 316 g/mol. The van der Waals surface area contributed by atoms with Gasteiger partial charge in [-0.3, -0.25) is 4.90 Å². The first-order valence-corrected chi connectivity index (χ1v) is 9.18. The highest BCUT2D eigenvalue weighted by Gasteiger charge is 2.32. The molecule has 5 nitrogen and oxygen atoms in total. The van der Waals surface area contributed by atoms with Crippen LogP contribution in [0, 0.1) is 5.92 Å². The molecule has 0 radical (unpaired) electrons. The lowest BCUT2D eigenvalue weighted by Crippen LogP contribution is -2.59. The maximum Gasteiger partial charge on any atom is 0.151 e. The number of likely N-dealkylation sites (N-methyl/N-ethyl adjacent to an activating group) is 1. The van der Waals surface area contributed by atoms with Gasteiger partial charge in [-0.1, -0.05) is 0 Å². The fourth-order valence-corrected chi connectivity index (χ4v) is 4.06. The number of rotatable bonds is 4. The van der Waals surface area contributed by atoms with Gasteiger partial charge in [0, 0.05) is 32.3 Å². The zero-order valence-corrected chi connectivity index (χ0v) is 14.2. The van der Waals surface area contributed by atoms with E-state index in [1.807, 2.05) is 0 Å². The van der Waals surface area contributed by atoms with Crippen LogP contribution in [0.2, 0.25) is 0 Å². The summed E-state index contributed by atoms with van der Waals surface area (Å²) < 4.78 is 5.60. The Hall–Kier alpha value is -1.20. The van der Waals surface area contributed by atoms with E-state index in [0.717, 1.165) is 45.1 Å². The van der Waals surface area contributed by atoms with E-state index in [-0.39, 0.29) is 0 Å². The van der Waals surface area contributed by atoms with Gasteiger partial charge in [0.2, 0.25) is 0 Å². The molecular weight excluding hydrogens is 288 g/mol. The van der Waals surface area contributed by atoms with Gasteiger partial charge in [0.05, 0.1) is 12.3 Å². The smallest absolute Gasteiger partial charge is 0.151 e. The van der Waals surface area contributed by atoms with Crippen molar-refractivity contribution < 1.29 is 4.74 Å². The second-order valence-corrected chi connectivity index (χ2v) is 7.46. The highest BCUT2D eigenvalue weighted by Crippen LogP contribution is 2.26. The summed E-state index contributed by atoms with van der Waals surface area (Å²) in [6, 6.07) is 2.93. The lowest BCUT2D eigenvalue weighted by atomic mass is 9.96. The number of aryl methyl sites for hydroxylation is 2. The molecule has 126 valence electrons. The highest BCUT2D eigenvalue weighted by molar-refractivity contribution is 5.45. The first kappa shape index (κ1) is 15.3. The molecule has 3 heterocycles. The fourth-order valence-electron chi connectivity index (χ4n) is 4.06. The summed E-state index contributed by atoms with van der Waals surface area (Å²) in [5.41, 5.74) is 2.66. The van der Waals surface area contributed by atoms with Gasteiger partial charge in [-0.2, -0.15) is 5.10 Å². The molecule has 0 amide bonds. The van der Waals surface area contributed by atoms with Crippen LogP contribution < -0.4 is 4.90 Å². The number of nitrogens with zero attached hydrogens (tertiary/aromatic N) is 4. The fraction of sp³-hybridized carbons (Fsp3) is 0.778. The van der Waals surface area contributed by atoms with E-state index < -0.39 is 0 Å². The first-order valence-electron chi connectivity index (χ1n) is 9.18. The predicted molar refractivity (Wildman–Crippen MR) is 90.8 cm³/mol. The minimum atomic E-state index is 0.648. The Kier molecular flexibility index (Phi) is 4.49. The van der Waals surface area contributed by atoms with E-state index in [1.165, 1.54) is 43.4 Å². The van der Waals surface area contributed by atoms with Crippen molar-refractivity contribution in [3.63, 3.8) is 0 Å². The van der Waals surface area contributed by atoms with Crippen molar-refractivity contribution in [3.8, 4) is 0 Å². The van der Waals surface area contributed by atoms with Gasteiger partial charge in [-0.15, -0.1) is 5.10 Å². The molecule has 1 atom stereocenters. The second kappa shape index (κ2) is 6.73. The Balaban J connectivity index is 1.30. The van der Waals surface area contributed by atoms with Crippen LogP contribution >= 0.6 is 0 Å². The number of hydrogen-bond donors (Lipinski definition) is 0. The Morgan fingerprint density at radius 3 is 2.91 bits per heavy atom. The number of ether oxygens (including phenoxy) is 1. The summed E-state index contributed by atoms with van der Waals surface area (Å²) in [5.74, 6) is 1.79. The average Bonchev–Trinajstić information content (AvgIpc) is 2.54. The number of fused-ring (bicyclic) bond motifs is 1. The zero-order valence-electron chi connectivity index (χ0n) is 14.2. The highest BCUT2D eigenvalue weighted by atomic mass is 16.5. The Morgan fingerprint density at radius 1 is 1.22 bits per heavy atom. The van der Waals surface area contributed by atoms with Crippen LogP contribution in [0.15, 0.2) is 6.07 Å². The van der Waals surface area contributed by atoms with Gasteiger partial charge < -0.3 is 9.64 Å². The first-order chi connectivity index (χ1) is 11.3. The molecule has 23 heavy (non-hydrogen) atoms. The molecule has 5 heteroatoms. The zero-order chi connectivity index (χ0) is 15.6. The summed E-state index contributed by atoms with van der Waals surface area (Å²) in [6.07, 6.45) is 7.39. The molecule has 2 saturated heterocycles. The molecule has 3 aliphatic rings. The predicted octanol–water partition coefficient (Wildman–Crippen LogP) is 1.90. The van der Waals surface area contributed by atoms with Gasteiger partial charge >= 0.3 is 0 Å². The lowest BCUT2D eigenvalue weighted by molar-refractivity contribution is 0.0339. The molecule has 0 saturated carbocycles. The van der Waals surface area contributed by atoms with E-state index >= 15 is 0 Å². The summed E-state index contributed by atoms with van der Waals surface area (Å²) in [4.78, 5) is 4.89. The van der Waals surface area contributed by atoms with Crippen LogP contribution in [0.5, 0.6) is 0 Å². The minimum absolute atomic E-state index is 0.648. The van der Waals surface area contributed by atoms with Crippen molar-refractivity contribution >= 4 is 5.82 Å². The molecule has 0 bridgehead atoms. The maximum absolute atomic E-state index is 5.60. The van der Waals surface area contributed by atoms with Gasteiger partial charge in [0.25, 0.3) is 0 Å². The molecule has 4 rings (SSSR count). The van der Waals surface area contributed by atoms with Gasteiger partial charge in [0.1, 0.15) is 0 Å². The Labute approximate surface area is 139 Å². The molecule has 0 spiro atoms. The SMILES string of the molecule is CN(CC1CCCOC1)C1CN(c2cc3c(nn2)CCCC3)C1. The standard InChI is InChI=1S/C18H28N4O/c1-21(10-14-5-4-8-23-13-14)16-11-22(12-16)18-9-15-6-2-3-7-17(15)19-20-18/h9,14,16H,2-8,10-13H2,1H3. The number of hydrogen-bond acceptors (Lipinski definition) is 5. The van der Waals surface area contributed by atoms with E-state index in [1.54, 1.807) is 0 Å². The van der Waals surface area contributed by atoms with Crippen LogP contribution in [0.4, 0.5) is 5.82 Å². The van der Waals surface area contributed by atoms with E-state index in [2.05, 4.69) is 33.1 Å². The van der Waals surface area contributed by atoms with Crippen molar-refractivity contribution in [2.75, 3.05) is 44.8 Å². The van der Waals surface area contributed by atoms with Crippen LogP contribution in [0.1, 0.15) is 36.9 Å². The van der Waals surface area contributed by atoms with Crippen LogP contribution in [-0.2, 0) is 17.6 Å². The third-order valence-corrected chi connectivity index (χ3v) is 5.67. The lowest BCUT2D eigenvalue weighted by Gasteiger charge is -2.45. The summed E-state index contributed by atoms with van der Waals surface area (Å²) in [6.45, 7) is 5.22. The van der Waals surface area contributed by atoms with Crippen molar-refractivity contribution in [3.05, 3.63) is 17.3 Å². The van der Waals surface area contributed by atoms with Gasteiger partial charge in [0.15, 0.2) is 5.82 Å². The normalized spacial score (nSPS) is 25.3. The monoisotopic (exact) mass is 316 g/mol. The van der Waals surface area contributed by atoms with Crippen LogP contribution in [0.25, 0.3) is 0 Å². The summed E-state index contributed by atoms with van der Waals surface area (Å²) >= 11 is 0. The molecule has 0 N–H and O–H groups in total. The van der Waals surface area contributed by atoms with Crippen LogP contribution in [0.3, 0.4) is 0 Å². The minimum Gasteiger partial charge on any atom is -0.381 e. The molecule has 1 unspecified atom stereocenters. The van der Waals surface area contributed by atoms with Crippen molar-refractivity contribution in [1.82, 2.24) is 15.1 Å². The molecule has 0 aromatic carbocycles. The second-order valence-electron chi connectivity index (χ2n) is 7.46. The summed E-state index contributed by atoms with van der Waals surface area (Å²) in [5, 5.41) is 8.92. The summed E-state index contributed by atoms with van der Waals surface area (Å²) in [7, 11) is 2.26. The topological polar surface area (TPSA) is 41.5 Å². The third kappa shape index (κ3) is 3.36. The van der Waals surface area contributed by atoms with Crippen molar-refractivity contribution in [2.45, 2.75) is 44.6 Å². The van der Waals surface area contributed by atoms with E-state index in [0.29, 0.717) is 12.0 Å². The quantitative estimate of drug-likeness (QED) is 0.849. The van der Waals surface area contributed by atoms with Gasteiger partial charge in [-0.05, 0) is 63.1 Å². The van der Waals surface area contributed by atoms with E-state index in [4.69, 9.17) is 4.74 Å². The third-order valence-electron chi connectivity index (χ3n) is 5.67. The number of anilines is 1. The molecule has 2 fully saturated rings.